The molecule has 1 aliphatic heterocycles. The van der Waals surface area contributed by atoms with Gasteiger partial charge in [0.05, 0.1) is 18.5 Å². The van der Waals surface area contributed by atoms with E-state index in [4.69, 9.17) is 9.84 Å². The van der Waals surface area contributed by atoms with Crippen LogP contribution in [-0.2, 0) is 13.5 Å². The van der Waals surface area contributed by atoms with Crippen LogP contribution in [0.5, 0.6) is 5.75 Å². The number of benzene rings is 1. The lowest BCUT2D eigenvalue weighted by Crippen LogP contribution is -2.00. The van der Waals surface area contributed by atoms with Gasteiger partial charge in [-0.3, -0.25) is 4.68 Å². The molecule has 3 rings (SSSR count). The average Bonchev–Trinajstić information content (AvgIpc) is 2.93. The zero-order valence-electron chi connectivity index (χ0n) is 9.88. The van der Waals surface area contributed by atoms with Crippen LogP contribution in [-0.4, -0.2) is 27.5 Å². The van der Waals surface area contributed by atoms with Gasteiger partial charge in [-0.25, -0.2) is 4.79 Å². The second-order valence-corrected chi connectivity index (χ2v) is 4.26. The minimum absolute atomic E-state index is 0.219. The van der Waals surface area contributed by atoms with E-state index >= 15 is 0 Å². The summed E-state index contributed by atoms with van der Waals surface area (Å²) in [6.45, 7) is 0.690. The van der Waals surface area contributed by atoms with E-state index in [0.717, 1.165) is 23.3 Å². The lowest BCUT2D eigenvalue weighted by molar-refractivity contribution is 0.0697. The number of aromatic nitrogens is 2. The van der Waals surface area contributed by atoms with E-state index in [1.54, 1.807) is 11.7 Å². The van der Waals surface area contributed by atoms with Gasteiger partial charge in [0.1, 0.15) is 11.3 Å². The maximum absolute atomic E-state index is 11.2. The van der Waals surface area contributed by atoms with Gasteiger partial charge in [0, 0.05) is 19.0 Å². The van der Waals surface area contributed by atoms with Crippen LogP contribution < -0.4 is 4.74 Å². The first-order valence-corrected chi connectivity index (χ1v) is 5.68. The number of carbonyl (C=O) groups is 1. The van der Waals surface area contributed by atoms with Gasteiger partial charge in [0.15, 0.2) is 0 Å². The van der Waals surface area contributed by atoms with Crippen molar-refractivity contribution in [2.45, 2.75) is 6.42 Å². The molecule has 0 radical (unpaired) electrons. The molecule has 0 bridgehead atoms. The molecule has 18 heavy (non-hydrogen) atoms. The van der Waals surface area contributed by atoms with Gasteiger partial charge in [-0.05, 0) is 23.8 Å². The summed E-state index contributed by atoms with van der Waals surface area (Å²) in [5.41, 5.74) is 2.82. The average molecular weight is 244 g/mol. The molecular formula is C13H12N2O3. The standard InChI is InChI=1S/C13H12N2O3/c1-15-12(10(7-14-15)13(16)17)9-2-3-11-8(6-9)4-5-18-11/h2-3,6-7H,4-5H2,1H3,(H,16,17). The van der Waals surface area contributed by atoms with Crippen LogP contribution >= 0.6 is 0 Å². The first kappa shape index (κ1) is 10.8. The molecule has 1 aromatic heterocycles. The van der Waals surface area contributed by atoms with Gasteiger partial charge in [-0.15, -0.1) is 0 Å². The fourth-order valence-electron chi connectivity index (χ4n) is 2.27. The van der Waals surface area contributed by atoms with Gasteiger partial charge in [-0.2, -0.15) is 5.10 Å². The third kappa shape index (κ3) is 1.55. The fourth-order valence-corrected chi connectivity index (χ4v) is 2.27. The number of fused-ring (bicyclic) bond motifs is 1. The molecule has 2 heterocycles. The first-order valence-electron chi connectivity index (χ1n) is 5.68. The molecule has 0 saturated heterocycles. The number of carboxylic acid groups (broad SMARTS) is 1. The van der Waals surface area contributed by atoms with Crippen LogP contribution in [0.4, 0.5) is 0 Å². The van der Waals surface area contributed by atoms with E-state index in [-0.39, 0.29) is 5.56 Å². The van der Waals surface area contributed by atoms with Crippen LogP contribution in [0.1, 0.15) is 15.9 Å². The zero-order chi connectivity index (χ0) is 12.7. The minimum Gasteiger partial charge on any atom is -0.493 e. The monoisotopic (exact) mass is 244 g/mol. The Balaban J connectivity index is 2.15. The largest absolute Gasteiger partial charge is 0.493 e. The Labute approximate surface area is 104 Å². The van der Waals surface area contributed by atoms with Crippen LogP contribution in [0.3, 0.4) is 0 Å². The Hall–Kier alpha value is -2.30. The van der Waals surface area contributed by atoms with Crippen molar-refractivity contribution in [2.75, 3.05) is 6.61 Å². The predicted molar refractivity (Wildman–Crippen MR) is 64.8 cm³/mol. The number of hydrogen-bond donors (Lipinski definition) is 1. The molecule has 0 spiro atoms. The van der Waals surface area contributed by atoms with Crippen LogP contribution in [0.2, 0.25) is 0 Å². The van der Waals surface area contributed by atoms with Crippen molar-refractivity contribution in [1.82, 2.24) is 9.78 Å². The summed E-state index contributed by atoms with van der Waals surface area (Å²) in [6.07, 6.45) is 2.24. The van der Waals surface area contributed by atoms with E-state index in [1.807, 2.05) is 18.2 Å². The van der Waals surface area contributed by atoms with Gasteiger partial charge < -0.3 is 9.84 Å². The number of aryl methyl sites for hydroxylation is 1. The second kappa shape index (κ2) is 3.87. The van der Waals surface area contributed by atoms with Crippen molar-refractivity contribution in [3.63, 3.8) is 0 Å². The molecule has 1 aliphatic rings. The highest BCUT2D eigenvalue weighted by molar-refractivity contribution is 5.94. The number of hydrogen-bond acceptors (Lipinski definition) is 3. The molecule has 1 aromatic carbocycles. The molecule has 0 aliphatic carbocycles. The summed E-state index contributed by atoms with van der Waals surface area (Å²) in [6, 6.07) is 5.73. The van der Waals surface area contributed by atoms with Gasteiger partial charge in [0.25, 0.3) is 0 Å². The zero-order valence-corrected chi connectivity index (χ0v) is 9.88. The Bertz CT molecular complexity index is 631. The third-order valence-corrected chi connectivity index (χ3v) is 3.13. The maximum atomic E-state index is 11.2. The van der Waals surface area contributed by atoms with E-state index in [0.29, 0.717) is 12.3 Å². The van der Waals surface area contributed by atoms with Crippen molar-refractivity contribution in [2.24, 2.45) is 7.05 Å². The Morgan fingerprint density at radius 1 is 1.50 bits per heavy atom. The van der Waals surface area contributed by atoms with Gasteiger partial charge in [-0.1, -0.05) is 0 Å². The fraction of sp³-hybridized carbons (Fsp3) is 0.231. The molecule has 0 atom stereocenters. The molecule has 0 amide bonds. The first-order chi connectivity index (χ1) is 8.66. The van der Waals surface area contributed by atoms with Crippen LogP contribution in [0.15, 0.2) is 24.4 Å². The molecule has 0 saturated carbocycles. The summed E-state index contributed by atoms with van der Waals surface area (Å²) in [5.74, 6) is -0.0763. The maximum Gasteiger partial charge on any atom is 0.339 e. The van der Waals surface area contributed by atoms with Crippen molar-refractivity contribution < 1.29 is 14.6 Å². The number of ether oxygens (including phenoxy) is 1. The highest BCUT2D eigenvalue weighted by Crippen LogP contribution is 2.31. The summed E-state index contributed by atoms with van der Waals surface area (Å²) < 4.78 is 7.02. The van der Waals surface area contributed by atoms with E-state index in [9.17, 15) is 4.79 Å². The number of aromatic carboxylic acids is 1. The molecule has 92 valence electrons. The van der Waals surface area contributed by atoms with Crippen LogP contribution in [0.25, 0.3) is 11.3 Å². The van der Waals surface area contributed by atoms with Gasteiger partial charge in [0.2, 0.25) is 0 Å². The number of nitrogens with zero attached hydrogens (tertiary/aromatic N) is 2. The molecule has 5 nitrogen and oxygen atoms in total. The molecule has 0 fully saturated rings. The molecule has 1 N–H and O–H groups in total. The normalized spacial score (nSPS) is 13.2. The topological polar surface area (TPSA) is 64.4 Å². The predicted octanol–water partition coefficient (Wildman–Crippen LogP) is 1.72. The third-order valence-electron chi connectivity index (χ3n) is 3.13. The quantitative estimate of drug-likeness (QED) is 0.873. The lowest BCUT2D eigenvalue weighted by Gasteiger charge is -2.06. The molecular weight excluding hydrogens is 232 g/mol. The second-order valence-electron chi connectivity index (χ2n) is 4.26. The summed E-state index contributed by atoms with van der Waals surface area (Å²) in [7, 11) is 1.74. The number of carboxylic acids is 1. The van der Waals surface area contributed by atoms with Crippen molar-refractivity contribution in [1.29, 1.82) is 0 Å². The highest BCUT2D eigenvalue weighted by atomic mass is 16.5. The molecule has 0 unspecified atom stereocenters. The highest BCUT2D eigenvalue weighted by Gasteiger charge is 2.19. The van der Waals surface area contributed by atoms with Gasteiger partial charge >= 0.3 is 5.97 Å². The Kier molecular flexibility index (Phi) is 2.33. The van der Waals surface area contributed by atoms with Crippen LogP contribution in [0, 0.1) is 0 Å². The summed E-state index contributed by atoms with van der Waals surface area (Å²) >= 11 is 0. The van der Waals surface area contributed by atoms with E-state index < -0.39 is 5.97 Å². The van der Waals surface area contributed by atoms with Crippen molar-refractivity contribution >= 4 is 5.97 Å². The molecule has 2 aromatic rings. The summed E-state index contributed by atoms with van der Waals surface area (Å²) in [5, 5.41) is 13.2. The lowest BCUT2D eigenvalue weighted by atomic mass is 10.0. The SMILES string of the molecule is Cn1ncc(C(=O)O)c1-c1ccc2c(c1)CCO2. The van der Waals surface area contributed by atoms with E-state index in [1.165, 1.54) is 6.20 Å². The Morgan fingerprint density at radius 3 is 3.11 bits per heavy atom. The van der Waals surface area contributed by atoms with Crippen molar-refractivity contribution in [3.8, 4) is 17.0 Å². The van der Waals surface area contributed by atoms with Crippen molar-refractivity contribution in [3.05, 3.63) is 35.5 Å². The summed E-state index contributed by atoms with van der Waals surface area (Å²) in [4.78, 5) is 11.2. The number of rotatable bonds is 2. The Morgan fingerprint density at radius 2 is 2.33 bits per heavy atom. The molecule has 5 heteroatoms. The minimum atomic E-state index is -0.963. The van der Waals surface area contributed by atoms with E-state index in [2.05, 4.69) is 5.10 Å². The smallest absolute Gasteiger partial charge is 0.339 e.